The molecule has 0 radical (unpaired) electrons. The number of carbonyl (C=O) groups excluding carboxylic acids is 1. The highest BCUT2D eigenvalue weighted by atomic mass is 35.5. The summed E-state index contributed by atoms with van der Waals surface area (Å²) in [6, 6.07) is 14.2. The number of nitrogen functional groups attached to an aromatic ring is 1. The van der Waals surface area contributed by atoms with Gasteiger partial charge in [-0.1, -0.05) is 29.5 Å². The van der Waals surface area contributed by atoms with E-state index < -0.39 is 0 Å². The first kappa shape index (κ1) is 22.7. The third kappa shape index (κ3) is 4.09. The van der Waals surface area contributed by atoms with Crippen molar-refractivity contribution in [3.63, 3.8) is 0 Å². The number of piperidine rings is 1. The summed E-state index contributed by atoms with van der Waals surface area (Å²) in [5.41, 5.74) is 10.2. The molecule has 30 heavy (non-hydrogen) atoms. The zero-order chi connectivity index (χ0) is 19.1. The summed E-state index contributed by atoms with van der Waals surface area (Å²) in [7, 11) is 0. The molecule has 1 aromatic heterocycles. The molecule has 1 saturated heterocycles. The van der Waals surface area contributed by atoms with E-state index >= 15 is 0 Å². The van der Waals surface area contributed by atoms with Crippen LogP contribution in [0.15, 0.2) is 42.5 Å². The van der Waals surface area contributed by atoms with Gasteiger partial charge in [-0.3, -0.25) is 4.79 Å². The van der Waals surface area contributed by atoms with Crippen LogP contribution >= 0.6 is 36.2 Å². The zero-order valence-electron chi connectivity index (χ0n) is 16.6. The minimum atomic E-state index is 0. The fourth-order valence-corrected chi connectivity index (χ4v) is 5.43. The van der Waals surface area contributed by atoms with Crippen LogP contribution in [0.3, 0.4) is 0 Å². The van der Waals surface area contributed by atoms with Gasteiger partial charge in [0.1, 0.15) is 0 Å². The summed E-state index contributed by atoms with van der Waals surface area (Å²) < 4.78 is 1.22. The molecular formula is C22H26Cl2N4OS. The van der Waals surface area contributed by atoms with Crippen LogP contribution in [0.5, 0.6) is 0 Å². The number of halogens is 2. The Bertz CT molecular complexity index is 1000. The van der Waals surface area contributed by atoms with Crippen molar-refractivity contribution in [3.8, 4) is 0 Å². The molecule has 160 valence electrons. The molecule has 8 heteroatoms. The Balaban J connectivity index is 0.00000128. The van der Waals surface area contributed by atoms with Gasteiger partial charge in [0.15, 0.2) is 5.13 Å². The Labute approximate surface area is 193 Å². The second kappa shape index (κ2) is 9.41. The number of benzene rings is 2. The largest absolute Gasteiger partial charge is 0.398 e. The Morgan fingerprint density at radius 1 is 1.03 bits per heavy atom. The predicted molar refractivity (Wildman–Crippen MR) is 131 cm³/mol. The average molecular weight is 465 g/mol. The van der Waals surface area contributed by atoms with Gasteiger partial charge in [0.05, 0.1) is 10.2 Å². The maximum Gasteiger partial charge on any atom is 0.230 e. The predicted octanol–water partition coefficient (Wildman–Crippen LogP) is 4.92. The van der Waals surface area contributed by atoms with Crippen molar-refractivity contribution in [2.45, 2.75) is 25.7 Å². The van der Waals surface area contributed by atoms with Gasteiger partial charge in [-0.2, -0.15) is 0 Å². The molecule has 3 heterocycles. The molecule has 0 atom stereocenters. The highest BCUT2D eigenvalue weighted by molar-refractivity contribution is 7.22. The first-order valence-corrected chi connectivity index (χ1v) is 10.8. The zero-order valence-corrected chi connectivity index (χ0v) is 19.1. The number of thiazole rings is 1. The topological polar surface area (TPSA) is 62.5 Å². The summed E-state index contributed by atoms with van der Waals surface area (Å²) in [5.74, 6) is 0.341. The maximum atomic E-state index is 13.3. The van der Waals surface area contributed by atoms with E-state index in [0.717, 1.165) is 72.9 Å². The Kier molecular flexibility index (Phi) is 7.11. The second-order valence-electron chi connectivity index (χ2n) is 7.66. The number of nitrogens with zero attached hydrogens (tertiary/aromatic N) is 3. The first-order valence-electron chi connectivity index (χ1n) is 10.00. The lowest BCUT2D eigenvalue weighted by atomic mass is 9.93. The number of fused-ring (bicyclic) bond motifs is 2. The van der Waals surface area contributed by atoms with Crippen molar-refractivity contribution in [1.82, 2.24) is 4.98 Å². The monoisotopic (exact) mass is 464 g/mol. The molecule has 1 amide bonds. The lowest BCUT2D eigenvalue weighted by Crippen LogP contribution is -2.44. The molecule has 5 nitrogen and oxygen atoms in total. The van der Waals surface area contributed by atoms with Gasteiger partial charge in [0.25, 0.3) is 0 Å². The van der Waals surface area contributed by atoms with Crippen LogP contribution in [-0.4, -0.2) is 30.5 Å². The summed E-state index contributed by atoms with van der Waals surface area (Å²) in [6.07, 6.45) is 3.70. The first-order chi connectivity index (χ1) is 13.7. The molecular weight excluding hydrogens is 439 g/mol. The van der Waals surface area contributed by atoms with E-state index in [4.69, 9.17) is 10.7 Å². The molecule has 0 saturated carbocycles. The van der Waals surface area contributed by atoms with Crippen molar-refractivity contribution in [3.05, 3.63) is 48.0 Å². The standard InChI is InChI=1S/C22H24N4OS.2ClH/c23-17-6-3-8-19-16(17)5-4-12-26(19)21(27)15-10-13-25(14-11-15)22-24-18-7-1-2-9-20(18)28-22;;/h1-3,6-9,15H,4-5,10-14,23H2;2*1H. The molecule has 0 unspecified atom stereocenters. The van der Waals surface area contributed by atoms with Crippen LogP contribution in [-0.2, 0) is 11.2 Å². The normalized spacial score (nSPS) is 16.5. The average Bonchev–Trinajstić information content (AvgIpc) is 3.18. The van der Waals surface area contributed by atoms with E-state index in [0.29, 0.717) is 0 Å². The van der Waals surface area contributed by atoms with Crippen molar-refractivity contribution >= 4 is 68.8 Å². The Morgan fingerprint density at radius 3 is 2.57 bits per heavy atom. The number of nitrogens with two attached hydrogens (primary N) is 1. The quantitative estimate of drug-likeness (QED) is 0.546. The number of amides is 1. The molecule has 0 bridgehead atoms. The lowest BCUT2D eigenvalue weighted by molar-refractivity contribution is -0.123. The van der Waals surface area contributed by atoms with Crippen LogP contribution in [0, 0.1) is 5.92 Å². The van der Waals surface area contributed by atoms with E-state index in [2.05, 4.69) is 23.1 Å². The third-order valence-corrected chi connectivity index (χ3v) is 7.05. The number of aromatic nitrogens is 1. The summed E-state index contributed by atoms with van der Waals surface area (Å²) in [4.78, 5) is 22.3. The molecule has 1 fully saturated rings. The Morgan fingerprint density at radius 2 is 1.80 bits per heavy atom. The van der Waals surface area contributed by atoms with Crippen LogP contribution in [0.2, 0.25) is 0 Å². The summed E-state index contributed by atoms with van der Waals surface area (Å²) in [5, 5.41) is 1.07. The minimum Gasteiger partial charge on any atom is -0.398 e. The van der Waals surface area contributed by atoms with E-state index in [9.17, 15) is 4.79 Å². The third-order valence-electron chi connectivity index (χ3n) is 5.95. The second-order valence-corrected chi connectivity index (χ2v) is 8.67. The summed E-state index contributed by atoms with van der Waals surface area (Å²) in [6.45, 7) is 2.56. The number of hydrogen-bond acceptors (Lipinski definition) is 5. The van der Waals surface area contributed by atoms with E-state index in [1.165, 1.54) is 4.70 Å². The highest BCUT2D eigenvalue weighted by Crippen LogP contribution is 2.35. The van der Waals surface area contributed by atoms with Gasteiger partial charge in [-0.15, -0.1) is 24.8 Å². The fourth-order valence-electron chi connectivity index (χ4n) is 4.41. The number of rotatable bonds is 2. The molecule has 0 aliphatic carbocycles. The highest BCUT2D eigenvalue weighted by Gasteiger charge is 2.32. The molecule has 5 rings (SSSR count). The smallest absolute Gasteiger partial charge is 0.230 e. The SMILES string of the molecule is Cl.Cl.Nc1cccc2c1CCCN2C(=O)C1CCN(c2nc3ccccc3s2)CC1. The molecule has 2 aliphatic heterocycles. The van der Waals surface area contributed by atoms with Gasteiger partial charge in [-0.05, 0) is 55.5 Å². The fraction of sp³-hybridized carbons (Fsp3) is 0.364. The van der Waals surface area contributed by atoms with Gasteiger partial charge < -0.3 is 15.5 Å². The lowest BCUT2D eigenvalue weighted by Gasteiger charge is -2.36. The number of anilines is 3. The molecule has 2 aliphatic rings. The Hall–Kier alpha value is -2.02. The maximum absolute atomic E-state index is 13.3. The van der Waals surface area contributed by atoms with Crippen LogP contribution in [0.1, 0.15) is 24.8 Å². The van der Waals surface area contributed by atoms with E-state index in [1.54, 1.807) is 11.3 Å². The molecule has 2 aromatic carbocycles. The number of carbonyl (C=O) groups is 1. The van der Waals surface area contributed by atoms with Gasteiger partial charge >= 0.3 is 0 Å². The van der Waals surface area contributed by atoms with E-state index in [1.807, 2.05) is 29.2 Å². The van der Waals surface area contributed by atoms with Gasteiger partial charge in [0, 0.05) is 36.9 Å². The van der Waals surface area contributed by atoms with Gasteiger partial charge in [-0.25, -0.2) is 4.98 Å². The minimum absolute atomic E-state index is 0. The van der Waals surface area contributed by atoms with E-state index in [-0.39, 0.29) is 36.6 Å². The van der Waals surface area contributed by atoms with Crippen LogP contribution < -0.4 is 15.5 Å². The molecule has 3 aromatic rings. The van der Waals surface area contributed by atoms with Gasteiger partial charge in [0.2, 0.25) is 5.91 Å². The van der Waals surface area contributed by atoms with Crippen molar-refractivity contribution in [2.24, 2.45) is 5.92 Å². The molecule has 2 N–H and O–H groups in total. The van der Waals surface area contributed by atoms with Crippen LogP contribution in [0.4, 0.5) is 16.5 Å². The number of hydrogen-bond donors (Lipinski definition) is 1. The summed E-state index contributed by atoms with van der Waals surface area (Å²) >= 11 is 1.74. The van der Waals surface area contributed by atoms with Crippen molar-refractivity contribution < 1.29 is 4.79 Å². The number of para-hydroxylation sites is 1. The van der Waals surface area contributed by atoms with Crippen LogP contribution in [0.25, 0.3) is 10.2 Å². The molecule has 0 spiro atoms. The van der Waals surface area contributed by atoms with Crippen molar-refractivity contribution in [1.29, 1.82) is 0 Å². The van der Waals surface area contributed by atoms with Crippen molar-refractivity contribution in [2.75, 3.05) is 35.2 Å².